The molecule has 9 heteroatoms. The predicted octanol–water partition coefficient (Wildman–Crippen LogP) is 1.81. The summed E-state index contributed by atoms with van der Waals surface area (Å²) >= 11 is 0. The molecule has 0 saturated heterocycles. The van der Waals surface area contributed by atoms with Crippen LogP contribution < -0.4 is 11.5 Å². The van der Waals surface area contributed by atoms with Gasteiger partial charge in [0.1, 0.15) is 0 Å². The van der Waals surface area contributed by atoms with Crippen LogP contribution >= 0.6 is 0 Å². The normalized spacial score (nSPS) is 16.1. The Morgan fingerprint density at radius 2 is 1.15 bits per heavy atom. The summed E-state index contributed by atoms with van der Waals surface area (Å²) < 4.78 is 0. The highest BCUT2D eigenvalue weighted by Gasteiger charge is 2.39. The molecule has 33 heavy (non-hydrogen) atoms. The molecule has 4 rings (SSSR count). The quantitative estimate of drug-likeness (QED) is 0.440. The first kappa shape index (κ1) is 22.6. The van der Waals surface area contributed by atoms with Gasteiger partial charge in [-0.3, -0.25) is 33.8 Å². The molecule has 2 heterocycles. The Labute approximate surface area is 190 Å². The van der Waals surface area contributed by atoms with Crippen LogP contribution in [0.15, 0.2) is 24.3 Å². The van der Waals surface area contributed by atoms with Crippen LogP contribution in [0.3, 0.4) is 0 Å². The lowest BCUT2D eigenvalue weighted by Gasteiger charge is -2.32. The summed E-state index contributed by atoms with van der Waals surface area (Å²) in [6.07, 6.45) is 2.89. The maximum atomic E-state index is 13.2. The number of rotatable bonds is 9. The van der Waals surface area contributed by atoms with Crippen LogP contribution in [0.4, 0.5) is 0 Å². The van der Waals surface area contributed by atoms with E-state index in [0.29, 0.717) is 65.3 Å². The minimum Gasteiger partial charge on any atom is -0.368 e. The topological polar surface area (TPSA) is 144 Å². The van der Waals surface area contributed by atoms with Crippen molar-refractivity contribution in [2.75, 3.05) is 13.1 Å². The maximum absolute atomic E-state index is 13.2. The number of carbonyl (C=O) groups is 5. The number of primary amides is 1. The fourth-order valence-corrected chi connectivity index (χ4v) is 4.47. The van der Waals surface area contributed by atoms with Crippen molar-refractivity contribution in [1.82, 2.24) is 9.80 Å². The molecule has 0 fully saturated rings. The number of carbonyl (C=O) groups excluding carboxylic acids is 5. The van der Waals surface area contributed by atoms with Crippen LogP contribution in [-0.2, 0) is 4.79 Å². The van der Waals surface area contributed by atoms with Gasteiger partial charge in [0, 0.05) is 46.1 Å². The summed E-state index contributed by atoms with van der Waals surface area (Å²) in [5.41, 5.74) is 12.0. The van der Waals surface area contributed by atoms with Crippen molar-refractivity contribution in [3.8, 4) is 0 Å². The third-order valence-corrected chi connectivity index (χ3v) is 6.31. The van der Waals surface area contributed by atoms with Crippen molar-refractivity contribution in [1.29, 1.82) is 0 Å². The zero-order valence-corrected chi connectivity index (χ0v) is 18.4. The first-order valence-corrected chi connectivity index (χ1v) is 11.1. The van der Waals surface area contributed by atoms with Crippen molar-refractivity contribution in [2.24, 2.45) is 11.5 Å². The smallest absolute Gasteiger partial charge is 0.261 e. The van der Waals surface area contributed by atoms with Crippen LogP contribution in [0.1, 0.15) is 80.5 Å². The monoisotopic (exact) mass is 450 g/mol. The largest absolute Gasteiger partial charge is 0.368 e. The van der Waals surface area contributed by atoms with Crippen molar-refractivity contribution in [3.63, 3.8) is 0 Å². The molecule has 0 radical (unpaired) electrons. The number of hydrogen-bond donors (Lipinski definition) is 2. The summed E-state index contributed by atoms with van der Waals surface area (Å²) in [6, 6.07) is 5.48. The van der Waals surface area contributed by atoms with Gasteiger partial charge in [0.05, 0.1) is 6.04 Å². The van der Waals surface area contributed by atoms with E-state index in [9.17, 15) is 24.0 Å². The van der Waals surface area contributed by atoms with Gasteiger partial charge in [-0.1, -0.05) is 13.3 Å². The van der Waals surface area contributed by atoms with Gasteiger partial charge < -0.3 is 11.5 Å². The molecular formula is C24H26N4O5. The number of nitrogens with two attached hydrogens (primary N) is 2. The second-order valence-corrected chi connectivity index (χ2v) is 8.45. The molecule has 1 unspecified atom stereocenters. The minimum absolute atomic E-state index is 0.163. The molecule has 5 amide bonds. The van der Waals surface area contributed by atoms with Gasteiger partial charge in [-0.15, -0.1) is 0 Å². The van der Waals surface area contributed by atoms with E-state index in [2.05, 4.69) is 0 Å². The Balaban J connectivity index is 1.66. The zero-order chi connectivity index (χ0) is 23.9. The van der Waals surface area contributed by atoms with E-state index in [1.807, 2.05) is 6.92 Å². The summed E-state index contributed by atoms with van der Waals surface area (Å²) in [7, 11) is 0. The molecule has 0 aliphatic carbocycles. The lowest BCUT2D eigenvalue weighted by molar-refractivity contribution is -0.119. The SMILES string of the molecule is CCCCN1C(=O)c2ccc3c4c(ccc(c24)C1=O)C(=O)N(CCCCC(N)C(N)=O)C3=O. The molecule has 2 aliphatic heterocycles. The number of amides is 5. The number of unbranched alkanes of at least 4 members (excludes halogenated alkanes) is 2. The Kier molecular flexibility index (Phi) is 5.99. The average Bonchev–Trinajstić information content (AvgIpc) is 2.80. The lowest BCUT2D eigenvalue weighted by atomic mass is 9.86. The molecule has 172 valence electrons. The zero-order valence-electron chi connectivity index (χ0n) is 18.4. The first-order valence-electron chi connectivity index (χ1n) is 11.1. The van der Waals surface area contributed by atoms with E-state index in [-0.39, 0.29) is 6.54 Å². The van der Waals surface area contributed by atoms with Crippen LogP contribution in [0.25, 0.3) is 10.8 Å². The molecule has 2 aromatic rings. The van der Waals surface area contributed by atoms with Gasteiger partial charge in [-0.05, 0) is 49.9 Å². The molecule has 0 bridgehead atoms. The number of benzene rings is 2. The molecule has 0 spiro atoms. The minimum atomic E-state index is -0.762. The molecular weight excluding hydrogens is 424 g/mol. The van der Waals surface area contributed by atoms with Gasteiger partial charge in [-0.25, -0.2) is 0 Å². The summed E-state index contributed by atoms with van der Waals surface area (Å²) in [5, 5.41) is 0.741. The predicted molar refractivity (Wildman–Crippen MR) is 121 cm³/mol. The molecule has 0 saturated carbocycles. The van der Waals surface area contributed by atoms with Crippen molar-refractivity contribution in [3.05, 3.63) is 46.5 Å². The number of nitrogens with zero attached hydrogens (tertiary/aromatic N) is 2. The molecule has 9 nitrogen and oxygen atoms in total. The Hall–Kier alpha value is -3.59. The fourth-order valence-electron chi connectivity index (χ4n) is 4.47. The third-order valence-electron chi connectivity index (χ3n) is 6.31. The molecule has 0 aromatic heterocycles. The van der Waals surface area contributed by atoms with Crippen molar-refractivity contribution in [2.45, 2.75) is 45.1 Å². The van der Waals surface area contributed by atoms with Gasteiger partial charge in [-0.2, -0.15) is 0 Å². The van der Waals surface area contributed by atoms with Crippen molar-refractivity contribution >= 4 is 40.3 Å². The van der Waals surface area contributed by atoms with E-state index in [0.717, 1.165) is 11.3 Å². The Morgan fingerprint density at radius 3 is 1.52 bits per heavy atom. The summed E-state index contributed by atoms with van der Waals surface area (Å²) in [4.78, 5) is 65.9. The van der Waals surface area contributed by atoms with Gasteiger partial charge in [0.15, 0.2) is 0 Å². The van der Waals surface area contributed by atoms with Gasteiger partial charge >= 0.3 is 0 Å². The third kappa shape index (κ3) is 3.68. The highest BCUT2D eigenvalue weighted by atomic mass is 16.2. The molecule has 2 aromatic carbocycles. The second-order valence-electron chi connectivity index (χ2n) is 8.45. The highest BCUT2D eigenvalue weighted by Crippen LogP contribution is 2.37. The second kappa shape index (κ2) is 8.74. The summed E-state index contributed by atoms with van der Waals surface area (Å²) in [6.45, 7) is 2.47. The average molecular weight is 450 g/mol. The van der Waals surface area contributed by atoms with E-state index < -0.39 is 35.6 Å². The number of imide groups is 2. The number of hydrogen-bond acceptors (Lipinski definition) is 6. The van der Waals surface area contributed by atoms with E-state index in [4.69, 9.17) is 11.5 Å². The Bertz CT molecular complexity index is 1130. The molecule has 1 atom stereocenters. The van der Waals surface area contributed by atoms with E-state index >= 15 is 0 Å². The van der Waals surface area contributed by atoms with Crippen LogP contribution in [0, 0.1) is 0 Å². The van der Waals surface area contributed by atoms with E-state index in [1.165, 1.54) is 4.90 Å². The highest BCUT2D eigenvalue weighted by molar-refractivity contribution is 6.33. The Morgan fingerprint density at radius 1 is 0.758 bits per heavy atom. The van der Waals surface area contributed by atoms with E-state index in [1.54, 1.807) is 24.3 Å². The first-order chi connectivity index (χ1) is 15.8. The molecule has 4 N–H and O–H groups in total. The standard InChI is InChI=1S/C24H26N4O5/c1-2-3-11-27-21(30)13-7-9-15-19-16(10-8-14(18(13)19)22(27)31)24(33)28(23(15)32)12-5-4-6-17(25)20(26)29/h7-10,17H,2-6,11-12,25H2,1H3,(H2,26,29). The maximum Gasteiger partial charge on any atom is 0.261 e. The van der Waals surface area contributed by atoms with Crippen LogP contribution in [0.2, 0.25) is 0 Å². The van der Waals surface area contributed by atoms with Crippen molar-refractivity contribution < 1.29 is 24.0 Å². The van der Waals surface area contributed by atoms with Gasteiger partial charge in [0.25, 0.3) is 23.6 Å². The van der Waals surface area contributed by atoms with Crippen LogP contribution in [0.5, 0.6) is 0 Å². The lowest BCUT2D eigenvalue weighted by Crippen LogP contribution is -2.43. The van der Waals surface area contributed by atoms with Gasteiger partial charge in [0.2, 0.25) is 5.91 Å². The summed E-state index contributed by atoms with van der Waals surface area (Å²) in [5.74, 6) is -2.34. The fraction of sp³-hybridized carbons (Fsp3) is 0.375. The van der Waals surface area contributed by atoms with Crippen LogP contribution in [-0.4, -0.2) is 58.5 Å². The molecule has 2 aliphatic rings.